The molecule has 0 radical (unpaired) electrons. The monoisotopic (exact) mass is 484 g/mol. The lowest BCUT2D eigenvalue weighted by Crippen LogP contribution is -2.46. The predicted molar refractivity (Wildman–Crippen MR) is 146 cm³/mol. The Morgan fingerprint density at radius 1 is 0.833 bits per heavy atom. The third kappa shape index (κ3) is 5.09. The summed E-state index contributed by atoms with van der Waals surface area (Å²) in [6, 6.07) is 17.8. The van der Waals surface area contributed by atoms with Crippen molar-refractivity contribution in [3.05, 3.63) is 71.4 Å². The van der Waals surface area contributed by atoms with Gasteiger partial charge in [0.15, 0.2) is 0 Å². The van der Waals surface area contributed by atoms with E-state index in [1.54, 1.807) is 0 Å². The molecule has 1 aromatic heterocycles. The minimum atomic E-state index is 0.166. The van der Waals surface area contributed by atoms with Gasteiger partial charge in [0.05, 0.1) is 0 Å². The van der Waals surface area contributed by atoms with Crippen LogP contribution >= 0.6 is 0 Å². The highest BCUT2D eigenvalue weighted by Gasteiger charge is 2.27. The number of piperidine rings is 3. The summed E-state index contributed by atoms with van der Waals surface area (Å²) in [5.41, 5.74) is 4.64. The number of likely N-dealkylation sites (tertiary alicyclic amines) is 3. The van der Waals surface area contributed by atoms with Crippen molar-refractivity contribution in [2.24, 2.45) is 0 Å². The molecule has 3 aliphatic heterocycles. The Morgan fingerprint density at radius 2 is 1.58 bits per heavy atom. The molecule has 3 aliphatic rings. The normalized spacial score (nSPS) is 21.3. The van der Waals surface area contributed by atoms with E-state index in [1.807, 2.05) is 11.0 Å². The number of amides is 1. The van der Waals surface area contributed by atoms with Gasteiger partial charge < -0.3 is 14.8 Å². The van der Waals surface area contributed by atoms with Crippen LogP contribution in [0.2, 0.25) is 0 Å². The van der Waals surface area contributed by atoms with Gasteiger partial charge in [-0.1, -0.05) is 42.8 Å². The molecule has 0 aliphatic carbocycles. The number of benzene rings is 2. The first kappa shape index (κ1) is 23.7. The Hall–Kier alpha value is -2.63. The molecule has 0 spiro atoms. The summed E-state index contributed by atoms with van der Waals surface area (Å²) in [6.07, 6.45) is 11.0. The Bertz CT molecular complexity index is 1150. The van der Waals surface area contributed by atoms with E-state index in [-0.39, 0.29) is 5.91 Å². The van der Waals surface area contributed by atoms with Crippen LogP contribution in [0, 0.1) is 0 Å². The standard InChI is InChI=1S/C31H40N4O/c36-31(35-19-11-25(12-20-35)24-7-3-1-4-8-24)26-9-10-29-27(22-32-30(29)21-26)23-33-17-13-28(14-18-33)34-15-5-2-6-16-34/h1,3-4,7-10,21-22,25,28,32H,2,5-6,11-20,23H2. The molecular formula is C31H40N4O. The lowest BCUT2D eigenvalue weighted by Gasteiger charge is -2.40. The molecule has 190 valence electrons. The van der Waals surface area contributed by atoms with Crippen LogP contribution in [0.3, 0.4) is 0 Å². The molecule has 0 atom stereocenters. The zero-order valence-corrected chi connectivity index (χ0v) is 21.5. The maximum absolute atomic E-state index is 13.3. The van der Waals surface area contributed by atoms with E-state index < -0.39 is 0 Å². The molecule has 5 nitrogen and oxygen atoms in total. The molecule has 1 N–H and O–H groups in total. The molecule has 3 saturated heterocycles. The van der Waals surface area contributed by atoms with Gasteiger partial charge in [-0.05, 0) is 93.9 Å². The van der Waals surface area contributed by atoms with Gasteiger partial charge in [0.1, 0.15) is 0 Å². The van der Waals surface area contributed by atoms with E-state index in [9.17, 15) is 4.79 Å². The maximum atomic E-state index is 13.3. The van der Waals surface area contributed by atoms with Crippen molar-refractivity contribution in [2.45, 2.75) is 63.5 Å². The van der Waals surface area contributed by atoms with Crippen molar-refractivity contribution in [1.29, 1.82) is 0 Å². The zero-order valence-electron chi connectivity index (χ0n) is 21.5. The van der Waals surface area contributed by atoms with Crippen molar-refractivity contribution in [3.63, 3.8) is 0 Å². The zero-order chi connectivity index (χ0) is 24.3. The lowest BCUT2D eigenvalue weighted by atomic mass is 9.89. The first-order valence-electron chi connectivity index (χ1n) is 14.2. The number of aromatic amines is 1. The van der Waals surface area contributed by atoms with Crippen molar-refractivity contribution < 1.29 is 4.79 Å². The van der Waals surface area contributed by atoms with Gasteiger partial charge in [-0.2, -0.15) is 0 Å². The average molecular weight is 485 g/mol. The van der Waals surface area contributed by atoms with Gasteiger partial charge in [0.2, 0.25) is 0 Å². The van der Waals surface area contributed by atoms with Crippen LogP contribution < -0.4 is 0 Å². The number of aromatic nitrogens is 1. The van der Waals surface area contributed by atoms with Crippen LogP contribution in [0.4, 0.5) is 0 Å². The smallest absolute Gasteiger partial charge is 0.253 e. The molecule has 0 unspecified atom stereocenters. The van der Waals surface area contributed by atoms with Crippen LogP contribution in [0.5, 0.6) is 0 Å². The number of carbonyl (C=O) groups excluding carboxylic acids is 1. The predicted octanol–water partition coefficient (Wildman–Crippen LogP) is 5.64. The Labute approximate surface area is 215 Å². The Kier molecular flexibility index (Phi) is 7.11. The van der Waals surface area contributed by atoms with Crippen LogP contribution in [-0.2, 0) is 6.54 Å². The topological polar surface area (TPSA) is 42.6 Å². The SMILES string of the molecule is O=C(c1ccc2c(CN3CCC(N4CCCCC4)CC3)c[nH]c2c1)N1CCC(c2ccccc2)CC1. The second-order valence-corrected chi connectivity index (χ2v) is 11.2. The molecule has 36 heavy (non-hydrogen) atoms. The summed E-state index contributed by atoms with van der Waals surface area (Å²) in [7, 11) is 0. The molecule has 4 heterocycles. The third-order valence-corrected chi connectivity index (χ3v) is 8.93. The summed E-state index contributed by atoms with van der Waals surface area (Å²) >= 11 is 0. The molecular weight excluding hydrogens is 444 g/mol. The number of carbonyl (C=O) groups is 1. The van der Waals surface area contributed by atoms with E-state index in [1.165, 1.54) is 74.8 Å². The fourth-order valence-corrected chi connectivity index (χ4v) is 6.74. The summed E-state index contributed by atoms with van der Waals surface area (Å²) in [5.74, 6) is 0.730. The first-order chi connectivity index (χ1) is 17.7. The van der Waals surface area contributed by atoms with Crippen molar-refractivity contribution >= 4 is 16.8 Å². The maximum Gasteiger partial charge on any atom is 0.253 e. The molecule has 3 fully saturated rings. The summed E-state index contributed by atoms with van der Waals surface area (Å²) in [6.45, 7) is 7.64. The number of hydrogen-bond acceptors (Lipinski definition) is 3. The quantitative estimate of drug-likeness (QED) is 0.510. The third-order valence-electron chi connectivity index (χ3n) is 8.93. The molecule has 1 amide bonds. The van der Waals surface area contributed by atoms with Gasteiger partial charge in [0, 0.05) is 48.3 Å². The minimum Gasteiger partial charge on any atom is -0.361 e. The van der Waals surface area contributed by atoms with Crippen LogP contribution in [0.1, 0.15) is 72.3 Å². The molecule has 6 rings (SSSR count). The molecule has 3 aromatic rings. The fraction of sp³-hybridized carbons (Fsp3) is 0.516. The number of nitrogens with zero attached hydrogens (tertiary/aromatic N) is 3. The lowest BCUT2D eigenvalue weighted by molar-refractivity contribution is 0.0713. The van der Waals surface area contributed by atoms with Gasteiger partial charge in [-0.25, -0.2) is 0 Å². The van der Waals surface area contributed by atoms with E-state index in [0.29, 0.717) is 5.92 Å². The van der Waals surface area contributed by atoms with Crippen LogP contribution in [0.25, 0.3) is 10.9 Å². The second kappa shape index (κ2) is 10.8. The number of rotatable bonds is 5. The summed E-state index contributed by atoms with van der Waals surface area (Å²) < 4.78 is 0. The summed E-state index contributed by atoms with van der Waals surface area (Å²) in [5, 5.41) is 1.26. The minimum absolute atomic E-state index is 0.166. The summed E-state index contributed by atoms with van der Waals surface area (Å²) in [4.78, 5) is 24.1. The van der Waals surface area contributed by atoms with E-state index in [4.69, 9.17) is 0 Å². The van der Waals surface area contributed by atoms with E-state index in [2.05, 4.69) is 63.4 Å². The highest BCUT2D eigenvalue weighted by atomic mass is 16.2. The van der Waals surface area contributed by atoms with E-state index >= 15 is 0 Å². The van der Waals surface area contributed by atoms with Crippen molar-refractivity contribution in [1.82, 2.24) is 19.7 Å². The van der Waals surface area contributed by atoms with Gasteiger partial charge >= 0.3 is 0 Å². The molecule has 0 bridgehead atoms. The number of fused-ring (bicyclic) bond motifs is 1. The van der Waals surface area contributed by atoms with Gasteiger partial charge in [-0.3, -0.25) is 9.69 Å². The van der Waals surface area contributed by atoms with Crippen LogP contribution in [0.15, 0.2) is 54.7 Å². The second-order valence-electron chi connectivity index (χ2n) is 11.2. The van der Waals surface area contributed by atoms with Gasteiger partial charge in [0.25, 0.3) is 5.91 Å². The Morgan fingerprint density at radius 3 is 2.33 bits per heavy atom. The fourth-order valence-electron chi connectivity index (χ4n) is 6.74. The van der Waals surface area contributed by atoms with Crippen molar-refractivity contribution in [3.8, 4) is 0 Å². The molecule has 0 saturated carbocycles. The number of nitrogens with one attached hydrogen (secondary N) is 1. The molecule has 2 aromatic carbocycles. The largest absolute Gasteiger partial charge is 0.361 e. The Balaban J connectivity index is 1.05. The van der Waals surface area contributed by atoms with Crippen molar-refractivity contribution in [2.75, 3.05) is 39.3 Å². The van der Waals surface area contributed by atoms with Gasteiger partial charge in [-0.15, -0.1) is 0 Å². The molecule has 5 heteroatoms. The average Bonchev–Trinajstić information content (AvgIpc) is 3.36. The number of hydrogen-bond donors (Lipinski definition) is 1. The van der Waals surface area contributed by atoms with E-state index in [0.717, 1.165) is 49.6 Å². The highest BCUT2D eigenvalue weighted by Crippen LogP contribution is 2.29. The first-order valence-corrected chi connectivity index (χ1v) is 14.2. The highest BCUT2D eigenvalue weighted by molar-refractivity contribution is 5.98. The number of H-pyrrole nitrogens is 1. The van der Waals surface area contributed by atoms with Crippen LogP contribution in [-0.4, -0.2) is 70.9 Å².